The van der Waals surface area contributed by atoms with Crippen LogP contribution in [0.2, 0.25) is 10.0 Å². The normalized spacial score (nSPS) is 16.7. The van der Waals surface area contributed by atoms with Crippen LogP contribution in [0.3, 0.4) is 0 Å². The smallest absolute Gasteiger partial charge is 0.417 e. The van der Waals surface area contributed by atoms with E-state index in [1.165, 1.54) is 12.1 Å². The number of carbonyl (C=O) groups is 1. The number of carboxylic acids is 1. The maximum absolute atomic E-state index is 13.8. The van der Waals surface area contributed by atoms with E-state index in [0.717, 1.165) is 37.1 Å². The zero-order chi connectivity index (χ0) is 28.9. The van der Waals surface area contributed by atoms with Gasteiger partial charge in [-0.05, 0) is 74.1 Å². The van der Waals surface area contributed by atoms with Crippen LogP contribution < -0.4 is 4.90 Å². The number of allylic oxidation sites excluding steroid dienone is 1. The van der Waals surface area contributed by atoms with Crippen LogP contribution in [0.15, 0.2) is 48.5 Å². The molecule has 0 amide bonds. The quantitative estimate of drug-likeness (QED) is 0.244. The van der Waals surface area contributed by atoms with Gasteiger partial charge in [0.15, 0.2) is 0 Å². The van der Waals surface area contributed by atoms with Crippen molar-refractivity contribution >= 4 is 51.8 Å². The summed E-state index contributed by atoms with van der Waals surface area (Å²) < 4.78 is 43.0. The highest BCUT2D eigenvalue weighted by atomic mass is 35.5. The van der Waals surface area contributed by atoms with E-state index in [4.69, 9.17) is 23.2 Å². The number of piperidine rings is 1. The van der Waals surface area contributed by atoms with Gasteiger partial charge in [0.2, 0.25) is 0 Å². The number of nitrogens with zero attached hydrogens (tertiary/aromatic N) is 5. The highest BCUT2D eigenvalue weighted by molar-refractivity contribution is 6.37. The number of benzene rings is 2. The number of fused-ring (bicyclic) bond motifs is 1. The first kappa shape index (κ1) is 27.5. The average molecular weight is 602 g/mol. The highest BCUT2D eigenvalue weighted by Crippen LogP contribution is 2.42. The summed E-state index contributed by atoms with van der Waals surface area (Å²) in [4.78, 5) is 17.3. The molecule has 7 nitrogen and oxygen atoms in total. The fourth-order valence-electron chi connectivity index (χ4n) is 5.29. The number of anilines is 1. The van der Waals surface area contributed by atoms with Gasteiger partial charge in [0.1, 0.15) is 11.4 Å². The number of aromatic nitrogens is 4. The van der Waals surface area contributed by atoms with E-state index in [2.05, 4.69) is 21.4 Å². The molecular formula is C29H24Cl2F3N5O2. The van der Waals surface area contributed by atoms with Crippen LogP contribution in [0, 0.1) is 5.92 Å². The summed E-state index contributed by atoms with van der Waals surface area (Å²) in [6, 6.07) is 10.5. The van der Waals surface area contributed by atoms with Crippen molar-refractivity contribution in [3.8, 4) is 5.69 Å². The molecule has 12 heteroatoms. The van der Waals surface area contributed by atoms with E-state index in [1.807, 2.05) is 11.0 Å². The second kappa shape index (κ2) is 10.6. The van der Waals surface area contributed by atoms with E-state index in [1.54, 1.807) is 28.9 Å². The SMILES string of the molecule is O=C(O)c1cc(C(F)(F)F)c2cc(N3CCC(/C=C/c4c(C5CC5)nnn4-c4c(Cl)cccc4Cl)CC3)ccc2n1. The molecule has 0 radical (unpaired) electrons. The lowest BCUT2D eigenvalue weighted by Crippen LogP contribution is -2.33. The fourth-order valence-corrected chi connectivity index (χ4v) is 5.85. The molecule has 1 aliphatic carbocycles. The Morgan fingerprint density at radius 3 is 2.37 bits per heavy atom. The Hall–Kier alpha value is -3.63. The van der Waals surface area contributed by atoms with Gasteiger partial charge in [-0.1, -0.05) is 40.6 Å². The summed E-state index contributed by atoms with van der Waals surface area (Å²) >= 11 is 12.9. The van der Waals surface area contributed by atoms with Crippen molar-refractivity contribution in [2.75, 3.05) is 18.0 Å². The number of hydrogen-bond donors (Lipinski definition) is 1. The minimum atomic E-state index is -4.71. The van der Waals surface area contributed by atoms with Gasteiger partial charge in [0.25, 0.3) is 0 Å². The van der Waals surface area contributed by atoms with Gasteiger partial charge in [-0.2, -0.15) is 13.2 Å². The molecule has 0 atom stereocenters. The van der Waals surface area contributed by atoms with Gasteiger partial charge < -0.3 is 10.0 Å². The Morgan fingerprint density at radius 1 is 1.02 bits per heavy atom. The summed E-state index contributed by atoms with van der Waals surface area (Å²) in [6.07, 6.45) is 3.17. The predicted octanol–water partition coefficient (Wildman–Crippen LogP) is 7.65. The maximum Gasteiger partial charge on any atom is 0.417 e. The van der Waals surface area contributed by atoms with E-state index >= 15 is 0 Å². The Balaban J connectivity index is 1.22. The molecule has 41 heavy (non-hydrogen) atoms. The Labute approximate surface area is 243 Å². The lowest BCUT2D eigenvalue weighted by Gasteiger charge is -2.32. The van der Waals surface area contributed by atoms with Gasteiger partial charge in [-0.15, -0.1) is 5.10 Å². The van der Waals surface area contributed by atoms with E-state index < -0.39 is 23.4 Å². The van der Waals surface area contributed by atoms with Gasteiger partial charge in [0.05, 0.1) is 32.5 Å². The first-order chi connectivity index (χ1) is 19.6. The van der Waals surface area contributed by atoms with Crippen molar-refractivity contribution in [3.05, 3.63) is 81.2 Å². The van der Waals surface area contributed by atoms with E-state index in [-0.39, 0.29) is 16.8 Å². The monoisotopic (exact) mass is 601 g/mol. The maximum atomic E-state index is 13.8. The molecule has 0 bridgehead atoms. The van der Waals surface area contributed by atoms with Gasteiger partial charge >= 0.3 is 12.1 Å². The molecule has 6 rings (SSSR count). The molecule has 2 aromatic carbocycles. The van der Waals surface area contributed by atoms with Crippen molar-refractivity contribution in [3.63, 3.8) is 0 Å². The first-order valence-electron chi connectivity index (χ1n) is 13.2. The summed E-state index contributed by atoms with van der Waals surface area (Å²) in [6.45, 7) is 1.29. The van der Waals surface area contributed by atoms with Crippen molar-refractivity contribution < 1.29 is 23.1 Å². The van der Waals surface area contributed by atoms with Crippen LogP contribution in [0.1, 0.15) is 59.0 Å². The van der Waals surface area contributed by atoms with Crippen molar-refractivity contribution in [1.29, 1.82) is 0 Å². The molecule has 3 heterocycles. The summed E-state index contributed by atoms with van der Waals surface area (Å²) in [5.41, 5.74) is 1.36. The minimum Gasteiger partial charge on any atom is -0.477 e. The zero-order valence-corrected chi connectivity index (χ0v) is 23.1. The molecule has 1 saturated heterocycles. The molecule has 1 aliphatic heterocycles. The summed E-state index contributed by atoms with van der Waals surface area (Å²) in [5, 5.41) is 18.8. The molecule has 1 saturated carbocycles. The topological polar surface area (TPSA) is 84.1 Å². The van der Waals surface area contributed by atoms with Crippen molar-refractivity contribution in [2.24, 2.45) is 5.92 Å². The Morgan fingerprint density at radius 2 is 1.73 bits per heavy atom. The first-order valence-corrected chi connectivity index (χ1v) is 13.9. The number of aromatic carboxylic acids is 1. The van der Waals surface area contributed by atoms with E-state index in [0.29, 0.717) is 46.5 Å². The van der Waals surface area contributed by atoms with Crippen LogP contribution >= 0.6 is 23.2 Å². The number of halogens is 5. The Kier molecular flexibility index (Phi) is 7.15. The number of carboxylic acid groups (broad SMARTS) is 1. The number of rotatable bonds is 6. The molecule has 212 valence electrons. The van der Waals surface area contributed by atoms with Crippen LogP contribution in [0.5, 0.6) is 0 Å². The third-order valence-electron chi connectivity index (χ3n) is 7.59. The summed E-state index contributed by atoms with van der Waals surface area (Å²) in [7, 11) is 0. The van der Waals surface area contributed by atoms with Gasteiger partial charge in [-0.3, -0.25) is 0 Å². The largest absolute Gasteiger partial charge is 0.477 e. The van der Waals surface area contributed by atoms with Gasteiger partial charge in [0, 0.05) is 30.1 Å². The predicted molar refractivity (Wildman–Crippen MR) is 151 cm³/mol. The zero-order valence-electron chi connectivity index (χ0n) is 21.6. The molecule has 4 aromatic rings. The Bertz CT molecular complexity index is 1650. The van der Waals surface area contributed by atoms with Crippen molar-refractivity contribution in [2.45, 2.75) is 37.8 Å². The molecule has 0 spiro atoms. The number of pyridine rings is 1. The lowest BCUT2D eigenvalue weighted by molar-refractivity contribution is -0.136. The summed E-state index contributed by atoms with van der Waals surface area (Å²) in [5.74, 6) is -0.897. The molecule has 2 aromatic heterocycles. The van der Waals surface area contributed by atoms with E-state index in [9.17, 15) is 23.1 Å². The number of hydrogen-bond acceptors (Lipinski definition) is 5. The molecule has 2 fully saturated rings. The molecular weight excluding hydrogens is 578 g/mol. The number of alkyl halides is 3. The minimum absolute atomic E-state index is 0.00546. The van der Waals surface area contributed by atoms with Gasteiger partial charge in [-0.25, -0.2) is 14.5 Å². The highest BCUT2D eigenvalue weighted by Gasteiger charge is 2.35. The second-order valence-electron chi connectivity index (χ2n) is 10.4. The lowest BCUT2D eigenvalue weighted by atomic mass is 9.95. The van der Waals surface area contributed by atoms with Crippen LogP contribution in [0.25, 0.3) is 22.7 Å². The third kappa shape index (κ3) is 5.50. The fraction of sp³-hybridized carbons (Fsp3) is 0.310. The van der Waals surface area contributed by atoms with Crippen LogP contribution in [0.4, 0.5) is 18.9 Å². The standard InChI is InChI=1S/C29H24Cl2F3N5O2/c30-21-2-1-3-22(31)27(21)39-25(26(36-37-39)17-5-6-17)9-4-16-10-12-38(13-11-16)18-7-8-23-19(14-18)20(29(32,33)34)15-24(35-23)28(40)41/h1-4,7-9,14-17H,5-6,10-13H2,(H,40,41)/b9-4+. The molecule has 0 unspecified atom stereocenters. The molecule has 1 N–H and O–H groups in total. The third-order valence-corrected chi connectivity index (χ3v) is 8.20. The van der Waals surface area contributed by atoms with Crippen LogP contribution in [-0.4, -0.2) is 44.1 Å². The second-order valence-corrected chi connectivity index (χ2v) is 11.2. The number of para-hydroxylation sites is 1. The average Bonchev–Trinajstić information content (AvgIpc) is 3.70. The van der Waals surface area contributed by atoms with Crippen molar-refractivity contribution in [1.82, 2.24) is 20.0 Å². The van der Waals surface area contributed by atoms with Crippen LogP contribution in [-0.2, 0) is 6.18 Å². The molecule has 2 aliphatic rings.